The summed E-state index contributed by atoms with van der Waals surface area (Å²) in [5, 5.41) is 2.07. The molecule has 4 heteroatoms. The molecule has 2 aromatic heterocycles. The van der Waals surface area contributed by atoms with E-state index < -0.39 is 0 Å². The van der Waals surface area contributed by atoms with E-state index in [-0.39, 0.29) is 13.2 Å². The molecule has 0 bridgehead atoms. The zero-order valence-electron chi connectivity index (χ0n) is 16.6. The summed E-state index contributed by atoms with van der Waals surface area (Å²) in [6.07, 6.45) is 6.45. The number of hydrogen-bond donors (Lipinski definition) is 0. The van der Waals surface area contributed by atoms with Gasteiger partial charge in [-0.05, 0) is 65.1 Å². The molecule has 3 nitrogen and oxygen atoms in total. The summed E-state index contributed by atoms with van der Waals surface area (Å²) in [5.74, 6) is 0.253. The average Bonchev–Trinajstić information content (AvgIpc) is 3.18. The van der Waals surface area contributed by atoms with E-state index in [2.05, 4.69) is 52.5 Å². The Morgan fingerprint density at radius 3 is 2.67 bits per heavy atom. The molecule has 1 aliphatic heterocycles. The SMILES string of the molecule is C.Cc1cnccc1CN1CCC(=C2c3ccccc3CC(=O)c3sccc32)CC1. The standard InChI is InChI=1S/C25H24N2OS.CH4/c1-17-15-26-10-6-20(17)16-27-11-7-18(8-12-27)24-21-5-3-2-4-19(21)14-23(28)25-22(24)9-13-29-25;/h2-6,9-10,13,15H,7-8,11-12,14,16H2,1H3;1H4. The van der Waals surface area contributed by atoms with Gasteiger partial charge in [0.2, 0.25) is 0 Å². The molecule has 3 heterocycles. The maximum Gasteiger partial charge on any atom is 0.177 e. The monoisotopic (exact) mass is 416 g/mol. The van der Waals surface area contributed by atoms with Crippen molar-refractivity contribution in [3.05, 3.63) is 92.4 Å². The van der Waals surface area contributed by atoms with Gasteiger partial charge in [0.1, 0.15) is 0 Å². The molecule has 2 aliphatic rings. The lowest BCUT2D eigenvalue weighted by Crippen LogP contribution is -2.31. The van der Waals surface area contributed by atoms with E-state index in [0.29, 0.717) is 6.42 Å². The summed E-state index contributed by atoms with van der Waals surface area (Å²) in [5.41, 5.74) is 9.01. The van der Waals surface area contributed by atoms with Gasteiger partial charge in [0.05, 0.1) is 4.88 Å². The molecular weight excluding hydrogens is 388 g/mol. The molecule has 30 heavy (non-hydrogen) atoms. The van der Waals surface area contributed by atoms with E-state index in [1.807, 2.05) is 18.5 Å². The molecule has 1 saturated heterocycles. The summed E-state index contributed by atoms with van der Waals surface area (Å²) in [6, 6.07) is 12.7. The summed E-state index contributed by atoms with van der Waals surface area (Å²) >= 11 is 1.59. The third-order valence-electron chi connectivity index (χ3n) is 6.17. The van der Waals surface area contributed by atoms with Crippen molar-refractivity contribution >= 4 is 22.7 Å². The first-order valence-electron chi connectivity index (χ1n) is 10.2. The van der Waals surface area contributed by atoms with Gasteiger partial charge in [0, 0.05) is 44.0 Å². The minimum atomic E-state index is 0. The number of carbonyl (C=O) groups is 1. The highest BCUT2D eigenvalue weighted by Gasteiger charge is 2.28. The van der Waals surface area contributed by atoms with Gasteiger partial charge in [0.15, 0.2) is 5.78 Å². The van der Waals surface area contributed by atoms with E-state index in [9.17, 15) is 4.79 Å². The highest BCUT2D eigenvalue weighted by molar-refractivity contribution is 7.12. The molecule has 1 aliphatic carbocycles. The van der Waals surface area contributed by atoms with Crippen LogP contribution in [0.15, 0.2) is 59.7 Å². The van der Waals surface area contributed by atoms with Crippen molar-refractivity contribution in [1.82, 2.24) is 9.88 Å². The molecule has 0 amide bonds. The first-order valence-corrected chi connectivity index (χ1v) is 11.1. The molecule has 1 aromatic carbocycles. The average molecular weight is 417 g/mol. The second-order valence-corrected chi connectivity index (χ2v) is 8.89. The van der Waals surface area contributed by atoms with Crippen LogP contribution in [0.4, 0.5) is 0 Å². The number of aromatic nitrogens is 1. The van der Waals surface area contributed by atoms with E-state index in [4.69, 9.17) is 0 Å². The molecule has 0 unspecified atom stereocenters. The van der Waals surface area contributed by atoms with Gasteiger partial charge < -0.3 is 0 Å². The fourth-order valence-electron chi connectivity index (χ4n) is 4.57. The van der Waals surface area contributed by atoms with Crippen LogP contribution in [-0.4, -0.2) is 28.8 Å². The second kappa shape index (κ2) is 8.66. The van der Waals surface area contributed by atoms with Crippen LogP contribution in [0.3, 0.4) is 0 Å². The van der Waals surface area contributed by atoms with Crippen molar-refractivity contribution < 1.29 is 4.79 Å². The largest absolute Gasteiger partial charge is 0.298 e. The predicted octanol–water partition coefficient (Wildman–Crippen LogP) is 5.92. The number of Topliss-reactive ketones (excluding diaryl/α,β-unsaturated/α-hetero) is 1. The molecule has 3 aromatic rings. The molecule has 0 saturated carbocycles. The van der Waals surface area contributed by atoms with Crippen molar-refractivity contribution in [2.75, 3.05) is 13.1 Å². The topological polar surface area (TPSA) is 33.2 Å². The Labute approximate surface area is 183 Å². The van der Waals surface area contributed by atoms with Crippen molar-refractivity contribution in [3.63, 3.8) is 0 Å². The summed E-state index contributed by atoms with van der Waals surface area (Å²) < 4.78 is 0. The number of hydrogen-bond acceptors (Lipinski definition) is 4. The fourth-order valence-corrected chi connectivity index (χ4v) is 5.41. The summed E-state index contributed by atoms with van der Waals surface area (Å²) in [7, 11) is 0. The Morgan fingerprint density at radius 1 is 1.07 bits per heavy atom. The Hall–Kier alpha value is -2.56. The van der Waals surface area contributed by atoms with Gasteiger partial charge in [0.25, 0.3) is 0 Å². The lowest BCUT2D eigenvalue weighted by molar-refractivity contribution is 0.0997. The van der Waals surface area contributed by atoms with Gasteiger partial charge in [-0.15, -0.1) is 11.3 Å². The molecule has 5 rings (SSSR count). The third kappa shape index (κ3) is 3.78. The summed E-state index contributed by atoms with van der Waals surface area (Å²) in [6.45, 7) is 5.22. The quantitative estimate of drug-likeness (QED) is 0.519. The number of ketones is 1. The third-order valence-corrected chi connectivity index (χ3v) is 7.12. The van der Waals surface area contributed by atoms with E-state index in [1.165, 1.54) is 33.4 Å². The van der Waals surface area contributed by atoms with E-state index >= 15 is 0 Å². The van der Waals surface area contributed by atoms with Gasteiger partial charge in [-0.25, -0.2) is 0 Å². The highest BCUT2D eigenvalue weighted by atomic mass is 32.1. The summed E-state index contributed by atoms with van der Waals surface area (Å²) in [4.78, 5) is 20.5. The first kappa shape index (κ1) is 20.7. The number of rotatable bonds is 2. The molecule has 0 spiro atoms. The van der Waals surface area contributed by atoms with Gasteiger partial charge in [-0.2, -0.15) is 0 Å². The maximum atomic E-state index is 12.8. The van der Waals surface area contributed by atoms with Gasteiger partial charge in [-0.3, -0.25) is 14.7 Å². The van der Waals surface area contributed by atoms with Crippen molar-refractivity contribution in [3.8, 4) is 0 Å². The number of pyridine rings is 1. The van der Waals surface area contributed by atoms with Crippen molar-refractivity contribution in [2.24, 2.45) is 0 Å². The van der Waals surface area contributed by atoms with Crippen LogP contribution in [-0.2, 0) is 13.0 Å². The molecule has 154 valence electrons. The minimum absolute atomic E-state index is 0. The number of piperidine rings is 1. The lowest BCUT2D eigenvalue weighted by Gasteiger charge is -2.30. The van der Waals surface area contributed by atoms with Crippen LogP contribution in [0.5, 0.6) is 0 Å². The highest BCUT2D eigenvalue weighted by Crippen LogP contribution is 2.40. The second-order valence-electron chi connectivity index (χ2n) is 7.98. The van der Waals surface area contributed by atoms with Gasteiger partial charge >= 0.3 is 0 Å². The fraction of sp³-hybridized carbons (Fsp3) is 0.308. The molecular formula is C26H28N2OS. The molecule has 0 radical (unpaired) electrons. The Morgan fingerprint density at radius 2 is 1.87 bits per heavy atom. The van der Waals surface area contributed by atoms with Crippen LogP contribution >= 0.6 is 11.3 Å². The maximum absolute atomic E-state index is 12.8. The van der Waals surface area contributed by atoms with Crippen molar-refractivity contribution in [2.45, 2.75) is 40.2 Å². The number of thiophene rings is 1. The molecule has 0 atom stereocenters. The van der Waals surface area contributed by atoms with Crippen LogP contribution in [0.25, 0.3) is 5.57 Å². The Balaban J connectivity index is 0.00000218. The Bertz CT molecular complexity index is 1100. The zero-order valence-corrected chi connectivity index (χ0v) is 17.5. The van der Waals surface area contributed by atoms with E-state index in [1.54, 1.807) is 11.3 Å². The number of likely N-dealkylation sites (tertiary alicyclic amines) is 1. The van der Waals surface area contributed by atoms with Crippen LogP contribution in [0.1, 0.15) is 57.8 Å². The smallest absolute Gasteiger partial charge is 0.177 e. The Kier molecular flexibility index (Phi) is 5.98. The normalized spacial score (nSPS) is 16.5. The number of benzene rings is 1. The van der Waals surface area contributed by atoms with Crippen molar-refractivity contribution in [1.29, 1.82) is 0 Å². The van der Waals surface area contributed by atoms with E-state index in [0.717, 1.165) is 42.9 Å². The molecule has 0 N–H and O–H groups in total. The minimum Gasteiger partial charge on any atom is -0.298 e. The van der Waals surface area contributed by atoms with Crippen LogP contribution < -0.4 is 0 Å². The number of carbonyl (C=O) groups excluding carboxylic acids is 1. The number of nitrogens with zero attached hydrogens (tertiary/aromatic N) is 2. The predicted molar refractivity (Wildman–Crippen MR) is 125 cm³/mol. The van der Waals surface area contributed by atoms with Crippen LogP contribution in [0.2, 0.25) is 0 Å². The molecule has 1 fully saturated rings. The zero-order chi connectivity index (χ0) is 19.8. The van der Waals surface area contributed by atoms with Crippen LogP contribution in [0, 0.1) is 6.92 Å². The number of aryl methyl sites for hydroxylation is 1. The lowest BCUT2D eigenvalue weighted by atomic mass is 9.87. The number of fused-ring (bicyclic) bond motifs is 2. The first-order chi connectivity index (χ1) is 14.2. The van der Waals surface area contributed by atoms with Gasteiger partial charge in [-0.1, -0.05) is 37.3 Å².